The summed E-state index contributed by atoms with van der Waals surface area (Å²) in [5.41, 5.74) is 3.79. The van der Waals surface area contributed by atoms with E-state index in [9.17, 15) is 0 Å². The fourth-order valence-corrected chi connectivity index (χ4v) is 2.26. The molecule has 0 atom stereocenters. The Morgan fingerprint density at radius 1 is 0.684 bits per heavy atom. The molecule has 0 heterocycles. The molecule has 0 saturated carbocycles. The Hall–Kier alpha value is -2.34. The summed E-state index contributed by atoms with van der Waals surface area (Å²) in [6, 6.07) is 23.5. The van der Waals surface area contributed by atoms with Crippen LogP contribution in [0, 0.1) is 6.92 Å². The van der Waals surface area contributed by atoms with Crippen molar-refractivity contribution in [3.05, 3.63) is 83.4 Å². The van der Waals surface area contributed by atoms with Gasteiger partial charge in [0.15, 0.2) is 0 Å². The number of hydrogen-bond donors (Lipinski definition) is 0. The first kappa shape index (κ1) is 11.7. The molecule has 0 spiro atoms. The molecule has 0 amide bonds. The molecule has 92 valence electrons. The molecule has 0 fully saturated rings. The van der Waals surface area contributed by atoms with Crippen LogP contribution in [0.5, 0.6) is 0 Å². The van der Waals surface area contributed by atoms with E-state index in [1.54, 1.807) is 0 Å². The van der Waals surface area contributed by atoms with Gasteiger partial charge in [-0.25, -0.2) is 0 Å². The molecule has 19 heavy (non-hydrogen) atoms. The highest BCUT2D eigenvalue weighted by Crippen LogP contribution is 2.20. The summed E-state index contributed by atoms with van der Waals surface area (Å²) in [5, 5.41) is 2.59. The van der Waals surface area contributed by atoms with Crippen LogP contribution in [0.3, 0.4) is 0 Å². The van der Waals surface area contributed by atoms with E-state index in [0.717, 1.165) is 0 Å². The SMILES string of the molecule is Cc1ccc(C=Cc2cccc3ccccc23)cc1. The third-order valence-corrected chi connectivity index (χ3v) is 3.36. The predicted octanol–water partition coefficient (Wildman–Crippen LogP) is 5.32. The normalized spacial score (nSPS) is 11.2. The topological polar surface area (TPSA) is 0 Å². The van der Waals surface area contributed by atoms with Crippen molar-refractivity contribution in [1.29, 1.82) is 0 Å². The quantitative estimate of drug-likeness (QED) is 0.535. The van der Waals surface area contributed by atoms with Crippen LogP contribution in [0.4, 0.5) is 0 Å². The predicted molar refractivity (Wildman–Crippen MR) is 84.1 cm³/mol. The second kappa shape index (κ2) is 5.11. The Labute approximate surface area is 114 Å². The fourth-order valence-electron chi connectivity index (χ4n) is 2.26. The second-order valence-electron chi connectivity index (χ2n) is 4.81. The van der Waals surface area contributed by atoms with E-state index in [4.69, 9.17) is 0 Å². The van der Waals surface area contributed by atoms with Gasteiger partial charge in [0.25, 0.3) is 0 Å². The third-order valence-electron chi connectivity index (χ3n) is 3.36. The Bertz CT molecular complexity index is 713. The first-order valence-corrected chi connectivity index (χ1v) is 6.55. The molecule has 3 aromatic carbocycles. The number of fused-ring (bicyclic) bond motifs is 1. The van der Waals surface area contributed by atoms with Crippen molar-refractivity contribution in [1.82, 2.24) is 0 Å². The lowest BCUT2D eigenvalue weighted by molar-refractivity contribution is 1.46. The molecule has 0 nitrogen and oxygen atoms in total. The molecule has 0 aliphatic rings. The van der Waals surface area contributed by atoms with E-state index in [1.165, 1.54) is 27.5 Å². The molecule has 0 unspecified atom stereocenters. The van der Waals surface area contributed by atoms with Gasteiger partial charge in [-0.15, -0.1) is 0 Å². The van der Waals surface area contributed by atoms with E-state index in [2.05, 4.69) is 85.8 Å². The lowest BCUT2D eigenvalue weighted by Gasteiger charge is -2.01. The van der Waals surface area contributed by atoms with Gasteiger partial charge in [-0.3, -0.25) is 0 Å². The highest BCUT2D eigenvalue weighted by atomic mass is 14.0. The smallest absolute Gasteiger partial charge is 0.0111 e. The van der Waals surface area contributed by atoms with E-state index in [-0.39, 0.29) is 0 Å². The number of rotatable bonds is 2. The molecular formula is C19H16. The summed E-state index contributed by atoms with van der Waals surface area (Å²) in [6.45, 7) is 2.11. The zero-order chi connectivity index (χ0) is 13.1. The number of aryl methyl sites for hydroxylation is 1. The minimum Gasteiger partial charge on any atom is -0.0616 e. The van der Waals surface area contributed by atoms with Crippen LogP contribution in [0.15, 0.2) is 66.7 Å². The zero-order valence-electron chi connectivity index (χ0n) is 11.0. The average molecular weight is 244 g/mol. The summed E-state index contributed by atoms with van der Waals surface area (Å²) in [5.74, 6) is 0. The van der Waals surface area contributed by atoms with Gasteiger partial charge in [0.05, 0.1) is 0 Å². The Morgan fingerprint density at radius 3 is 2.26 bits per heavy atom. The van der Waals surface area contributed by atoms with Crippen LogP contribution in [-0.4, -0.2) is 0 Å². The standard InChI is InChI=1S/C19H16/c1-15-9-11-16(12-10-15)13-14-18-7-4-6-17-5-2-3-8-19(17)18/h2-14H,1H3. The summed E-state index contributed by atoms with van der Waals surface area (Å²) in [4.78, 5) is 0. The maximum atomic E-state index is 2.19. The van der Waals surface area contributed by atoms with Crippen LogP contribution >= 0.6 is 0 Å². The minimum atomic E-state index is 1.23. The highest BCUT2D eigenvalue weighted by molar-refractivity contribution is 5.92. The second-order valence-corrected chi connectivity index (χ2v) is 4.81. The van der Waals surface area contributed by atoms with E-state index < -0.39 is 0 Å². The van der Waals surface area contributed by atoms with Crippen LogP contribution < -0.4 is 0 Å². The number of hydrogen-bond acceptors (Lipinski definition) is 0. The van der Waals surface area contributed by atoms with Crippen molar-refractivity contribution in [2.24, 2.45) is 0 Å². The molecular weight excluding hydrogens is 228 g/mol. The van der Waals surface area contributed by atoms with Crippen molar-refractivity contribution in [2.45, 2.75) is 6.92 Å². The van der Waals surface area contributed by atoms with Gasteiger partial charge in [-0.1, -0.05) is 84.4 Å². The summed E-state index contributed by atoms with van der Waals surface area (Å²) in [6.07, 6.45) is 4.36. The maximum Gasteiger partial charge on any atom is -0.0111 e. The summed E-state index contributed by atoms with van der Waals surface area (Å²) >= 11 is 0. The lowest BCUT2D eigenvalue weighted by atomic mass is 10.0. The van der Waals surface area contributed by atoms with Crippen LogP contribution in [0.25, 0.3) is 22.9 Å². The molecule has 3 rings (SSSR count). The summed E-state index contributed by atoms with van der Waals surface area (Å²) in [7, 11) is 0. The Balaban J connectivity index is 1.99. The minimum absolute atomic E-state index is 1.23. The van der Waals surface area contributed by atoms with Crippen LogP contribution in [0.2, 0.25) is 0 Å². The largest absolute Gasteiger partial charge is 0.0616 e. The molecule has 3 aromatic rings. The van der Waals surface area contributed by atoms with Crippen molar-refractivity contribution >= 4 is 22.9 Å². The molecule has 0 aliphatic heterocycles. The molecule has 0 aliphatic carbocycles. The zero-order valence-corrected chi connectivity index (χ0v) is 11.0. The first-order valence-electron chi connectivity index (χ1n) is 6.55. The lowest BCUT2D eigenvalue weighted by Crippen LogP contribution is -1.78. The third kappa shape index (κ3) is 2.58. The van der Waals surface area contributed by atoms with E-state index >= 15 is 0 Å². The molecule has 0 N–H and O–H groups in total. The Morgan fingerprint density at radius 2 is 1.42 bits per heavy atom. The van der Waals surface area contributed by atoms with Crippen molar-refractivity contribution in [3.63, 3.8) is 0 Å². The molecule has 0 saturated heterocycles. The molecule has 0 heteroatoms. The van der Waals surface area contributed by atoms with Gasteiger partial charge in [0, 0.05) is 0 Å². The summed E-state index contributed by atoms with van der Waals surface area (Å²) < 4.78 is 0. The Kier molecular flexibility index (Phi) is 3.16. The monoisotopic (exact) mass is 244 g/mol. The van der Waals surface area contributed by atoms with Gasteiger partial charge in [0.2, 0.25) is 0 Å². The molecule has 0 radical (unpaired) electrons. The van der Waals surface area contributed by atoms with E-state index in [1.807, 2.05) is 0 Å². The number of benzene rings is 3. The average Bonchev–Trinajstić information content (AvgIpc) is 2.47. The van der Waals surface area contributed by atoms with Crippen molar-refractivity contribution < 1.29 is 0 Å². The fraction of sp³-hybridized carbons (Fsp3) is 0.0526. The highest BCUT2D eigenvalue weighted by Gasteiger charge is 1.96. The van der Waals surface area contributed by atoms with Gasteiger partial charge in [0.1, 0.15) is 0 Å². The van der Waals surface area contributed by atoms with Gasteiger partial charge in [-0.05, 0) is 28.8 Å². The molecule has 0 bridgehead atoms. The first-order chi connectivity index (χ1) is 9.33. The van der Waals surface area contributed by atoms with Gasteiger partial charge < -0.3 is 0 Å². The van der Waals surface area contributed by atoms with Crippen LogP contribution in [0.1, 0.15) is 16.7 Å². The van der Waals surface area contributed by atoms with Crippen molar-refractivity contribution in [3.8, 4) is 0 Å². The maximum absolute atomic E-state index is 2.19. The van der Waals surface area contributed by atoms with E-state index in [0.29, 0.717) is 0 Å². The van der Waals surface area contributed by atoms with Gasteiger partial charge >= 0.3 is 0 Å². The van der Waals surface area contributed by atoms with Gasteiger partial charge in [-0.2, -0.15) is 0 Å². The molecule has 0 aromatic heterocycles. The van der Waals surface area contributed by atoms with Crippen molar-refractivity contribution in [2.75, 3.05) is 0 Å². The van der Waals surface area contributed by atoms with Crippen LogP contribution in [-0.2, 0) is 0 Å².